The van der Waals surface area contributed by atoms with Gasteiger partial charge in [-0.25, -0.2) is 0 Å². The summed E-state index contributed by atoms with van der Waals surface area (Å²) in [7, 11) is 0. The molecular formula is C16H13ClN2O3. The number of carbonyl (C=O) groups is 2. The van der Waals surface area contributed by atoms with Crippen molar-refractivity contribution in [1.29, 1.82) is 0 Å². The highest BCUT2D eigenvalue weighted by Crippen LogP contribution is 2.22. The van der Waals surface area contributed by atoms with Gasteiger partial charge < -0.3 is 10.3 Å². The van der Waals surface area contributed by atoms with Crippen LogP contribution in [-0.2, 0) is 6.42 Å². The quantitative estimate of drug-likeness (QED) is 0.894. The summed E-state index contributed by atoms with van der Waals surface area (Å²) in [5, 5.41) is 2.96. The van der Waals surface area contributed by atoms with E-state index in [1.54, 1.807) is 24.3 Å². The number of carbonyl (C=O) groups excluding carboxylic acids is 2. The molecule has 0 aliphatic heterocycles. The van der Waals surface area contributed by atoms with Crippen LogP contribution in [0, 0.1) is 0 Å². The predicted molar refractivity (Wildman–Crippen MR) is 83.7 cm³/mol. The molecule has 112 valence electrons. The summed E-state index contributed by atoms with van der Waals surface area (Å²) >= 11 is 5.98. The van der Waals surface area contributed by atoms with E-state index in [2.05, 4.69) is 10.3 Å². The third-order valence-electron chi connectivity index (χ3n) is 3.62. The molecule has 0 unspecified atom stereocenters. The minimum Gasteiger partial charge on any atom is -0.325 e. The lowest BCUT2D eigenvalue weighted by molar-refractivity contribution is 0.0971. The van der Waals surface area contributed by atoms with Gasteiger partial charge in [-0.2, -0.15) is 0 Å². The molecule has 0 saturated carbocycles. The van der Waals surface area contributed by atoms with Crippen molar-refractivity contribution >= 4 is 29.0 Å². The summed E-state index contributed by atoms with van der Waals surface area (Å²) in [6.45, 7) is 0. The number of ketones is 1. The Balaban J connectivity index is 1.96. The Kier molecular flexibility index (Phi) is 3.81. The third kappa shape index (κ3) is 2.67. The number of pyridine rings is 1. The number of halogens is 1. The number of anilines is 1. The number of benzene rings is 1. The molecule has 1 aliphatic carbocycles. The van der Waals surface area contributed by atoms with Crippen LogP contribution in [0.15, 0.2) is 35.1 Å². The number of aromatic nitrogens is 1. The summed E-state index contributed by atoms with van der Waals surface area (Å²) in [6.07, 6.45) is 1.79. The molecule has 2 N–H and O–H groups in total. The van der Waals surface area contributed by atoms with E-state index in [9.17, 15) is 14.4 Å². The zero-order valence-corrected chi connectivity index (χ0v) is 12.4. The largest absolute Gasteiger partial charge is 0.325 e. The molecule has 3 rings (SSSR count). The van der Waals surface area contributed by atoms with Crippen molar-refractivity contribution in [2.75, 3.05) is 5.32 Å². The normalized spacial score (nSPS) is 13.6. The van der Waals surface area contributed by atoms with Gasteiger partial charge in [0.05, 0.1) is 10.7 Å². The van der Waals surface area contributed by atoms with Crippen LogP contribution in [0.4, 0.5) is 5.69 Å². The first-order valence-electron chi connectivity index (χ1n) is 6.91. The smallest absolute Gasteiger partial charge is 0.261 e. The van der Waals surface area contributed by atoms with Gasteiger partial charge in [0.2, 0.25) is 0 Å². The molecule has 1 heterocycles. The monoisotopic (exact) mass is 316 g/mol. The maximum absolute atomic E-state index is 12.3. The number of H-pyrrole nitrogens is 1. The number of nitrogens with one attached hydrogen (secondary N) is 2. The lowest BCUT2D eigenvalue weighted by Gasteiger charge is -2.15. The lowest BCUT2D eigenvalue weighted by atomic mass is 9.93. The lowest BCUT2D eigenvalue weighted by Crippen LogP contribution is -2.27. The molecule has 0 radical (unpaired) electrons. The molecule has 1 amide bonds. The van der Waals surface area contributed by atoms with Crippen LogP contribution in [0.1, 0.15) is 39.3 Å². The maximum Gasteiger partial charge on any atom is 0.261 e. The Morgan fingerprint density at radius 3 is 2.73 bits per heavy atom. The Labute approximate surface area is 131 Å². The fourth-order valence-electron chi connectivity index (χ4n) is 2.50. The van der Waals surface area contributed by atoms with E-state index in [1.165, 1.54) is 6.07 Å². The van der Waals surface area contributed by atoms with Crippen molar-refractivity contribution in [2.45, 2.75) is 19.3 Å². The summed E-state index contributed by atoms with van der Waals surface area (Å²) in [6, 6.07) is 8.11. The van der Waals surface area contributed by atoms with Crippen molar-refractivity contribution < 1.29 is 9.59 Å². The van der Waals surface area contributed by atoms with Crippen LogP contribution in [0.25, 0.3) is 0 Å². The number of hydrogen-bond donors (Lipinski definition) is 2. The van der Waals surface area contributed by atoms with Crippen LogP contribution in [0.5, 0.6) is 0 Å². The number of amides is 1. The fourth-order valence-corrected chi connectivity index (χ4v) is 2.68. The number of para-hydroxylation sites is 1. The molecule has 22 heavy (non-hydrogen) atoms. The summed E-state index contributed by atoms with van der Waals surface area (Å²) in [5.74, 6) is -0.639. The highest BCUT2D eigenvalue weighted by atomic mass is 35.5. The molecule has 1 aromatic heterocycles. The van der Waals surface area contributed by atoms with E-state index in [0.717, 1.165) is 0 Å². The number of Topliss-reactive ketones (excluding diaryl/α,β-unsaturated/α-hetero) is 1. The Morgan fingerprint density at radius 1 is 1.18 bits per heavy atom. The van der Waals surface area contributed by atoms with Crippen LogP contribution in [-0.4, -0.2) is 16.7 Å². The van der Waals surface area contributed by atoms with Crippen molar-refractivity contribution in [3.05, 3.63) is 62.5 Å². The molecule has 0 fully saturated rings. The molecule has 0 atom stereocenters. The van der Waals surface area contributed by atoms with Crippen molar-refractivity contribution in [3.8, 4) is 0 Å². The van der Waals surface area contributed by atoms with Crippen molar-refractivity contribution in [3.63, 3.8) is 0 Å². The molecule has 1 aromatic carbocycles. The number of aryl methyl sites for hydroxylation is 1. The van der Waals surface area contributed by atoms with Gasteiger partial charge in [0.25, 0.3) is 11.5 Å². The molecule has 5 nitrogen and oxygen atoms in total. The highest BCUT2D eigenvalue weighted by Gasteiger charge is 2.22. The molecule has 2 aromatic rings. The second kappa shape index (κ2) is 5.77. The van der Waals surface area contributed by atoms with Gasteiger partial charge in [-0.15, -0.1) is 0 Å². The van der Waals surface area contributed by atoms with E-state index < -0.39 is 11.5 Å². The Hall–Kier alpha value is -2.40. The van der Waals surface area contributed by atoms with Gasteiger partial charge in [-0.3, -0.25) is 14.4 Å². The standard InChI is InChI=1S/C16H13ClN2O3/c17-11-4-1-2-5-13(11)19-16(22)10-8-9-12(18-15(10)21)6-3-7-14(9)20/h1-2,4-5,8H,3,6-7H2,(H,18,21)(H,19,22). The van der Waals surface area contributed by atoms with Gasteiger partial charge in [-0.05, 0) is 31.0 Å². The minimum atomic E-state index is -0.587. The van der Waals surface area contributed by atoms with Gasteiger partial charge in [-0.1, -0.05) is 23.7 Å². The SMILES string of the molecule is O=C1CCCc2[nH]c(=O)c(C(=O)Nc3ccccc3Cl)cc21. The van der Waals surface area contributed by atoms with E-state index >= 15 is 0 Å². The molecule has 0 spiro atoms. The first kappa shape index (κ1) is 14.5. The van der Waals surface area contributed by atoms with Crippen LogP contribution >= 0.6 is 11.6 Å². The number of hydrogen-bond acceptors (Lipinski definition) is 3. The Morgan fingerprint density at radius 2 is 1.95 bits per heavy atom. The second-order valence-electron chi connectivity index (χ2n) is 5.12. The van der Waals surface area contributed by atoms with E-state index in [0.29, 0.717) is 41.2 Å². The first-order chi connectivity index (χ1) is 10.6. The zero-order valence-electron chi connectivity index (χ0n) is 11.6. The van der Waals surface area contributed by atoms with Gasteiger partial charge >= 0.3 is 0 Å². The number of rotatable bonds is 2. The first-order valence-corrected chi connectivity index (χ1v) is 7.29. The maximum atomic E-state index is 12.3. The molecule has 1 aliphatic rings. The molecule has 0 saturated heterocycles. The molecular weight excluding hydrogens is 304 g/mol. The third-order valence-corrected chi connectivity index (χ3v) is 3.95. The van der Waals surface area contributed by atoms with Gasteiger partial charge in [0.15, 0.2) is 5.78 Å². The highest BCUT2D eigenvalue weighted by molar-refractivity contribution is 6.33. The number of fused-ring (bicyclic) bond motifs is 1. The summed E-state index contributed by atoms with van der Waals surface area (Å²) in [5.41, 5.74) is 0.857. The Bertz CT molecular complexity index is 826. The summed E-state index contributed by atoms with van der Waals surface area (Å²) in [4.78, 5) is 38.9. The topological polar surface area (TPSA) is 79.0 Å². The van der Waals surface area contributed by atoms with Crippen LogP contribution in [0.2, 0.25) is 5.02 Å². The second-order valence-corrected chi connectivity index (χ2v) is 5.52. The average Bonchev–Trinajstić information content (AvgIpc) is 2.49. The van der Waals surface area contributed by atoms with Gasteiger partial charge in [0.1, 0.15) is 5.56 Å². The van der Waals surface area contributed by atoms with Crippen molar-refractivity contribution in [1.82, 2.24) is 4.98 Å². The summed E-state index contributed by atoms with van der Waals surface area (Å²) < 4.78 is 0. The van der Waals surface area contributed by atoms with Gasteiger partial charge in [0, 0.05) is 17.7 Å². The van der Waals surface area contributed by atoms with E-state index in [1.807, 2.05) is 0 Å². The zero-order chi connectivity index (χ0) is 15.7. The minimum absolute atomic E-state index is 0.0516. The average molecular weight is 317 g/mol. The van der Waals surface area contributed by atoms with E-state index in [4.69, 9.17) is 11.6 Å². The molecule has 6 heteroatoms. The van der Waals surface area contributed by atoms with Crippen molar-refractivity contribution in [2.24, 2.45) is 0 Å². The van der Waals surface area contributed by atoms with Crippen LogP contribution in [0.3, 0.4) is 0 Å². The number of aromatic amines is 1. The molecule has 0 bridgehead atoms. The van der Waals surface area contributed by atoms with Crippen LogP contribution < -0.4 is 10.9 Å². The fraction of sp³-hybridized carbons (Fsp3) is 0.188. The van der Waals surface area contributed by atoms with E-state index in [-0.39, 0.29) is 11.3 Å². The predicted octanol–water partition coefficient (Wildman–Crippen LogP) is 2.80.